The van der Waals surface area contributed by atoms with E-state index in [9.17, 15) is 23.9 Å². The molecule has 0 saturated heterocycles. The van der Waals surface area contributed by atoms with Gasteiger partial charge in [0.15, 0.2) is 5.16 Å². The molecule has 0 aliphatic carbocycles. The maximum atomic E-state index is 13.5. The maximum Gasteiger partial charge on any atom is 0.376 e. The van der Waals surface area contributed by atoms with Crippen molar-refractivity contribution in [3.8, 4) is 11.3 Å². The molecule has 0 fully saturated rings. The molecule has 10 heteroatoms. The van der Waals surface area contributed by atoms with Crippen LogP contribution in [0.3, 0.4) is 0 Å². The lowest BCUT2D eigenvalue weighted by molar-refractivity contribution is -0.146. The highest BCUT2D eigenvalue weighted by atomic mass is 32.2. The number of aliphatic hydroxyl groups excluding tert-OH is 1. The molecule has 186 valence electrons. The van der Waals surface area contributed by atoms with E-state index in [1.54, 1.807) is 43.3 Å². The Morgan fingerprint density at radius 3 is 2.25 bits per heavy atom. The number of aryl methyl sites for hydroxylation is 1. The number of hydrogen-bond acceptors (Lipinski definition) is 8. The summed E-state index contributed by atoms with van der Waals surface area (Å²) in [6, 6.07) is 12.2. The second kappa shape index (κ2) is 12.1. The molecule has 0 aliphatic rings. The number of thioether (sulfide) groups is 1. The zero-order chi connectivity index (χ0) is 26.2. The van der Waals surface area contributed by atoms with Crippen LogP contribution in [-0.4, -0.2) is 44.5 Å². The van der Waals surface area contributed by atoms with Crippen molar-refractivity contribution in [3.05, 3.63) is 82.8 Å². The molecule has 0 saturated carbocycles. The van der Waals surface area contributed by atoms with Crippen LogP contribution >= 0.6 is 11.8 Å². The Bertz CT molecular complexity index is 1310. The van der Waals surface area contributed by atoms with E-state index in [0.717, 1.165) is 5.56 Å². The van der Waals surface area contributed by atoms with Crippen molar-refractivity contribution in [1.29, 1.82) is 0 Å². The Balaban J connectivity index is 1.88. The number of nitrogens with zero attached hydrogens (tertiary/aromatic N) is 2. The van der Waals surface area contributed by atoms with Crippen LogP contribution in [0.25, 0.3) is 17.0 Å². The highest BCUT2D eigenvalue weighted by Crippen LogP contribution is 2.29. The topological polar surface area (TPSA) is 127 Å². The number of carbonyl (C=O) groups is 3. The van der Waals surface area contributed by atoms with Crippen molar-refractivity contribution in [2.45, 2.75) is 31.2 Å². The summed E-state index contributed by atoms with van der Waals surface area (Å²) >= 11 is 1.32. The predicted octanol–water partition coefficient (Wildman–Crippen LogP) is 4.87. The number of ether oxygens (including phenoxy) is 1. The van der Waals surface area contributed by atoms with Crippen molar-refractivity contribution in [1.82, 2.24) is 9.97 Å². The van der Waals surface area contributed by atoms with E-state index >= 15 is 0 Å². The van der Waals surface area contributed by atoms with Gasteiger partial charge in [-0.05, 0) is 43.2 Å². The molecule has 1 aromatic heterocycles. The van der Waals surface area contributed by atoms with Gasteiger partial charge in [0.1, 0.15) is 17.1 Å². The third kappa shape index (κ3) is 6.54. The maximum absolute atomic E-state index is 13.5. The molecule has 0 spiro atoms. The normalized spacial score (nSPS) is 11.2. The van der Waals surface area contributed by atoms with Crippen molar-refractivity contribution in [2.75, 3.05) is 6.61 Å². The molecule has 1 heterocycles. The summed E-state index contributed by atoms with van der Waals surface area (Å²) in [4.78, 5) is 43.7. The van der Waals surface area contributed by atoms with E-state index in [1.807, 2.05) is 6.92 Å². The van der Waals surface area contributed by atoms with Gasteiger partial charge in [-0.25, -0.2) is 23.9 Å². The number of halogens is 1. The average molecular weight is 511 g/mol. The lowest BCUT2D eigenvalue weighted by atomic mass is 10.0. The smallest absolute Gasteiger partial charge is 0.376 e. The third-order valence-electron chi connectivity index (χ3n) is 4.99. The van der Waals surface area contributed by atoms with E-state index in [2.05, 4.69) is 9.97 Å². The van der Waals surface area contributed by atoms with Crippen molar-refractivity contribution >= 4 is 35.2 Å². The molecule has 3 rings (SSSR count). The Morgan fingerprint density at radius 1 is 1.00 bits per heavy atom. The van der Waals surface area contributed by atoms with E-state index in [0.29, 0.717) is 45.9 Å². The first-order chi connectivity index (χ1) is 17.2. The first-order valence-corrected chi connectivity index (χ1v) is 12.0. The molecule has 3 aromatic rings. The van der Waals surface area contributed by atoms with Gasteiger partial charge in [0.05, 0.1) is 18.0 Å². The number of hydrogen-bond donors (Lipinski definition) is 2. The van der Waals surface area contributed by atoms with Gasteiger partial charge in [0.2, 0.25) is 0 Å². The molecule has 0 amide bonds. The largest absolute Gasteiger partial charge is 0.507 e. The summed E-state index contributed by atoms with van der Waals surface area (Å²) in [5, 5.41) is 19.0. The van der Waals surface area contributed by atoms with Crippen LogP contribution in [0, 0.1) is 5.82 Å². The fraction of sp³-hybridized carbons (Fsp3) is 0.192. The van der Waals surface area contributed by atoms with Crippen molar-refractivity contribution in [2.24, 2.45) is 0 Å². The number of aliphatic carboxylic acids is 1. The molecule has 2 N–H and O–H groups in total. The number of carboxylic acid groups (broad SMARTS) is 1. The van der Waals surface area contributed by atoms with Gasteiger partial charge in [-0.3, -0.25) is 4.79 Å². The van der Waals surface area contributed by atoms with Gasteiger partial charge in [-0.1, -0.05) is 43.0 Å². The number of aliphatic hydroxyl groups is 1. The molecule has 2 aromatic carbocycles. The first kappa shape index (κ1) is 26.6. The van der Waals surface area contributed by atoms with Gasteiger partial charge in [-0.15, -0.1) is 0 Å². The summed E-state index contributed by atoms with van der Waals surface area (Å²) in [7, 11) is 0. The molecule has 36 heavy (non-hydrogen) atoms. The number of esters is 1. The van der Waals surface area contributed by atoms with Crippen LogP contribution in [0.15, 0.2) is 59.8 Å². The minimum Gasteiger partial charge on any atom is -0.507 e. The lowest BCUT2D eigenvalue weighted by Crippen LogP contribution is -2.13. The van der Waals surface area contributed by atoms with Crippen LogP contribution in [0.1, 0.15) is 41.0 Å². The second-order valence-electron chi connectivity index (χ2n) is 7.44. The number of carboxylic acids is 1. The van der Waals surface area contributed by atoms with Gasteiger partial charge < -0.3 is 14.9 Å². The van der Waals surface area contributed by atoms with Gasteiger partial charge in [0, 0.05) is 23.0 Å². The van der Waals surface area contributed by atoms with Crippen LogP contribution < -0.4 is 0 Å². The van der Waals surface area contributed by atoms with Crippen LogP contribution in [0.5, 0.6) is 0 Å². The molecule has 0 aliphatic heterocycles. The zero-order valence-electron chi connectivity index (χ0n) is 19.5. The Morgan fingerprint density at radius 2 is 1.67 bits per heavy atom. The minimum atomic E-state index is -1.66. The van der Waals surface area contributed by atoms with Crippen LogP contribution in [0.2, 0.25) is 0 Å². The summed E-state index contributed by atoms with van der Waals surface area (Å²) in [5.41, 5.74) is 2.81. The molecule has 0 radical (unpaired) electrons. The summed E-state index contributed by atoms with van der Waals surface area (Å²) < 4.78 is 18.7. The van der Waals surface area contributed by atoms with Crippen molar-refractivity contribution < 1.29 is 33.7 Å². The summed E-state index contributed by atoms with van der Waals surface area (Å²) in [5.74, 6) is -3.84. The SMILES string of the molecule is CCOC(=O)c1c(CC)nc(SCc2ccc(/C(O)=C/C(=O)C(=O)O)cc2)nc1-c1ccc(F)cc1. The zero-order valence-corrected chi connectivity index (χ0v) is 20.3. The molecule has 8 nitrogen and oxygen atoms in total. The van der Waals surface area contributed by atoms with Crippen molar-refractivity contribution in [3.63, 3.8) is 0 Å². The minimum absolute atomic E-state index is 0.187. The van der Waals surface area contributed by atoms with E-state index in [-0.39, 0.29) is 12.2 Å². The Kier molecular flexibility index (Phi) is 8.91. The number of benzene rings is 2. The summed E-state index contributed by atoms with van der Waals surface area (Å²) in [6.07, 6.45) is 1.10. The number of rotatable bonds is 10. The first-order valence-electron chi connectivity index (χ1n) is 11.0. The van der Waals surface area contributed by atoms with Gasteiger partial charge in [0.25, 0.3) is 5.78 Å². The molecular weight excluding hydrogens is 487 g/mol. The number of carbonyl (C=O) groups excluding carboxylic acids is 2. The molecule has 0 atom stereocenters. The van der Waals surface area contributed by atoms with E-state index in [1.165, 1.54) is 23.9 Å². The molecule has 0 unspecified atom stereocenters. The summed E-state index contributed by atoms with van der Waals surface area (Å²) in [6.45, 7) is 3.76. The Hall–Kier alpha value is -4.05. The fourth-order valence-electron chi connectivity index (χ4n) is 3.23. The predicted molar refractivity (Wildman–Crippen MR) is 132 cm³/mol. The second-order valence-corrected chi connectivity index (χ2v) is 8.38. The Labute approximate surface area is 210 Å². The number of aromatic nitrogens is 2. The van der Waals surface area contributed by atoms with E-state index in [4.69, 9.17) is 9.84 Å². The quantitative estimate of drug-likeness (QED) is 0.0981. The monoisotopic (exact) mass is 510 g/mol. The average Bonchev–Trinajstić information content (AvgIpc) is 2.87. The highest BCUT2D eigenvalue weighted by molar-refractivity contribution is 7.98. The van der Waals surface area contributed by atoms with Crippen LogP contribution in [-0.2, 0) is 26.5 Å². The standard InChI is InChI=1S/C26H23FN2O6S/c1-3-19-22(25(34)35-4-2)23(17-9-11-18(27)12-10-17)29-26(28-19)36-14-15-5-7-16(8-6-15)20(30)13-21(31)24(32)33/h5-13,30H,3-4,14H2,1-2H3,(H,32,33)/b20-13-. The third-order valence-corrected chi connectivity index (χ3v) is 5.91. The number of ketones is 1. The fourth-order valence-corrected chi connectivity index (χ4v) is 4.05. The van der Waals surface area contributed by atoms with E-state index < -0.39 is 29.3 Å². The lowest BCUT2D eigenvalue weighted by Gasteiger charge is -2.14. The molecule has 0 bridgehead atoms. The van der Waals surface area contributed by atoms with Gasteiger partial charge >= 0.3 is 11.9 Å². The van der Waals surface area contributed by atoms with Crippen LogP contribution in [0.4, 0.5) is 4.39 Å². The molecular formula is C26H23FN2O6S. The highest BCUT2D eigenvalue weighted by Gasteiger charge is 2.22. The van der Waals surface area contributed by atoms with Gasteiger partial charge in [-0.2, -0.15) is 0 Å².